The average Bonchev–Trinajstić information content (AvgIpc) is 2.43. The van der Waals surface area contributed by atoms with Crippen LogP contribution in [0.15, 0.2) is 0 Å². The minimum Gasteiger partial charge on any atom is -0.384 e. The van der Waals surface area contributed by atoms with Crippen molar-refractivity contribution in [3.63, 3.8) is 0 Å². The normalized spacial score (nSPS) is 53.8. The quantitative estimate of drug-likeness (QED) is 0.317. The first kappa shape index (κ1) is 9.32. The van der Waals surface area contributed by atoms with Crippen molar-refractivity contribution < 1.29 is 29.9 Å². The summed E-state index contributed by atoms with van der Waals surface area (Å²) in [5.74, 6) is -2.58. The molecule has 0 aromatic rings. The molecule has 0 aromatic carbocycles. The van der Waals surface area contributed by atoms with Crippen molar-refractivity contribution in [2.24, 2.45) is 0 Å². The fraction of sp³-hybridized carbons (Fsp3) is 1.00. The lowest BCUT2D eigenvalue weighted by Crippen LogP contribution is -2.67. The molecule has 0 spiro atoms. The van der Waals surface area contributed by atoms with Crippen LogP contribution in [-0.2, 0) is 9.47 Å². The van der Waals surface area contributed by atoms with Gasteiger partial charge in [-0.2, -0.15) is 0 Å². The Morgan fingerprint density at radius 1 is 1.31 bits per heavy atom. The highest BCUT2D eigenvalue weighted by molar-refractivity contribution is 5.04. The fourth-order valence-corrected chi connectivity index (χ4v) is 1.69. The smallest absolute Gasteiger partial charge is 0.224 e. The molecule has 2 aliphatic rings. The summed E-state index contributed by atoms with van der Waals surface area (Å²) >= 11 is 0. The number of ether oxygens (including phenoxy) is 2. The van der Waals surface area contributed by atoms with Gasteiger partial charge in [0.15, 0.2) is 12.4 Å². The maximum atomic E-state index is 9.49. The molecule has 2 bridgehead atoms. The third kappa shape index (κ3) is 1.04. The highest BCUT2D eigenvalue weighted by Crippen LogP contribution is 2.40. The van der Waals surface area contributed by atoms with Gasteiger partial charge in [0, 0.05) is 0 Å². The van der Waals surface area contributed by atoms with Crippen molar-refractivity contribution in [2.45, 2.75) is 36.8 Å². The third-order valence-electron chi connectivity index (χ3n) is 2.59. The zero-order valence-electron chi connectivity index (χ0n) is 7.04. The second kappa shape index (κ2) is 2.41. The van der Waals surface area contributed by atoms with Crippen LogP contribution >= 0.6 is 0 Å². The van der Waals surface area contributed by atoms with Gasteiger partial charge in [-0.3, -0.25) is 0 Å². The molecule has 0 radical (unpaired) electrons. The van der Waals surface area contributed by atoms with E-state index in [-0.39, 0.29) is 6.61 Å². The van der Waals surface area contributed by atoms with Gasteiger partial charge in [0.1, 0.15) is 11.7 Å². The van der Waals surface area contributed by atoms with Crippen molar-refractivity contribution in [3.8, 4) is 0 Å². The first-order valence-electron chi connectivity index (χ1n) is 3.98. The molecule has 2 heterocycles. The number of hydrogen-bond acceptors (Lipinski definition) is 6. The Bertz CT molecular complexity index is 229. The Kier molecular flexibility index (Phi) is 1.73. The van der Waals surface area contributed by atoms with Crippen LogP contribution in [0, 0.1) is 0 Å². The SMILES string of the molecule is C[C@]12CO[C@H](O1)[C@@H](O)C(O)(O)[C@H]2O. The molecule has 76 valence electrons. The Labute approximate surface area is 74.3 Å². The molecular formula is C7H12O6. The summed E-state index contributed by atoms with van der Waals surface area (Å²) in [4.78, 5) is 0. The molecule has 2 rings (SSSR count). The minimum absolute atomic E-state index is 0.0266. The summed E-state index contributed by atoms with van der Waals surface area (Å²) in [5, 5.41) is 37.5. The van der Waals surface area contributed by atoms with E-state index in [0.29, 0.717) is 0 Å². The lowest BCUT2D eigenvalue weighted by atomic mass is 9.88. The molecule has 2 saturated heterocycles. The van der Waals surface area contributed by atoms with Crippen LogP contribution in [0.1, 0.15) is 6.92 Å². The largest absolute Gasteiger partial charge is 0.384 e. The molecule has 0 saturated carbocycles. The van der Waals surface area contributed by atoms with Gasteiger partial charge in [-0.05, 0) is 6.92 Å². The summed E-state index contributed by atoms with van der Waals surface area (Å²) in [7, 11) is 0. The van der Waals surface area contributed by atoms with Gasteiger partial charge in [-0.15, -0.1) is 0 Å². The number of aliphatic hydroxyl groups excluding tert-OH is 2. The van der Waals surface area contributed by atoms with Gasteiger partial charge in [0.05, 0.1) is 6.61 Å². The van der Waals surface area contributed by atoms with Gasteiger partial charge >= 0.3 is 0 Å². The summed E-state index contributed by atoms with van der Waals surface area (Å²) in [5.41, 5.74) is -1.16. The van der Waals surface area contributed by atoms with Gasteiger partial charge in [0.25, 0.3) is 0 Å². The van der Waals surface area contributed by atoms with E-state index in [1.807, 2.05) is 0 Å². The molecule has 2 fully saturated rings. The molecule has 0 aliphatic carbocycles. The molecule has 0 unspecified atom stereocenters. The van der Waals surface area contributed by atoms with E-state index in [9.17, 15) is 20.4 Å². The Morgan fingerprint density at radius 2 is 1.92 bits per heavy atom. The molecule has 6 heteroatoms. The van der Waals surface area contributed by atoms with Crippen molar-refractivity contribution in [1.82, 2.24) is 0 Å². The predicted molar refractivity (Wildman–Crippen MR) is 38.4 cm³/mol. The van der Waals surface area contributed by atoms with Gasteiger partial charge in [-0.25, -0.2) is 0 Å². The summed E-state index contributed by atoms with van der Waals surface area (Å²) in [6.45, 7) is 1.52. The second-order valence-electron chi connectivity index (χ2n) is 3.74. The number of hydrogen-bond donors (Lipinski definition) is 4. The molecule has 6 nitrogen and oxygen atoms in total. The van der Waals surface area contributed by atoms with Crippen molar-refractivity contribution in [2.75, 3.05) is 6.61 Å². The third-order valence-corrected chi connectivity index (χ3v) is 2.59. The van der Waals surface area contributed by atoms with Crippen molar-refractivity contribution in [3.05, 3.63) is 0 Å². The number of fused-ring (bicyclic) bond motifs is 2. The topological polar surface area (TPSA) is 99.4 Å². The summed E-state index contributed by atoms with van der Waals surface area (Å²) in [6, 6.07) is 0. The fourth-order valence-electron chi connectivity index (χ4n) is 1.69. The molecule has 4 atom stereocenters. The van der Waals surface area contributed by atoms with Crippen LogP contribution in [0.4, 0.5) is 0 Å². The number of rotatable bonds is 0. The first-order valence-corrected chi connectivity index (χ1v) is 3.98. The first-order chi connectivity index (χ1) is 5.88. The summed E-state index contributed by atoms with van der Waals surface area (Å²) < 4.78 is 10.0. The van der Waals surface area contributed by atoms with Crippen LogP contribution in [0.25, 0.3) is 0 Å². The van der Waals surface area contributed by atoms with E-state index in [1.54, 1.807) is 0 Å². The molecular weight excluding hydrogens is 180 g/mol. The highest BCUT2D eigenvalue weighted by atomic mass is 16.8. The van der Waals surface area contributed by atoms with E-state index >= 15 is 0 Å². The zero-order chi connectivity index (χ0) is 9.85. The highest BCUT2D eigenvalue weighted by Gasteiger charge is 2.63. The van der Waals surface area contributed by atoms with E-state index in [2.05, 4.69) is 0 Å². The molecule has 2 aliphatic heterocycles. The standard InChI is InChI=1S/C7H12O6/c1-6-2-12-4(13-6)3(8)7(10,11)5(6)9/h3-5,8-11H,2H2,1H3/t3-,4-,5+,6-/m1/s1. The lowest BCUT2D eigenvalue weighted by Gasteiger charge is -2.43. The molecule has 13 heavy (non-hydrogen) atoms. The van der Waals surface area contributed by atoms with Crippen LogP contribution < -0.4 is 0 Å². The predicted octanol–water partition coefficient (Wildman–Crippen LogP) is -2.47. The molecule has 0 amide bonds. The zero-order valence-corrected chi connectivity index (χ0v) is 7.04. The monoisotopic (exact) mass is 192 g/mol. The van der Waals surface area contributed by atoms with Crippen LogP contribution in [0.5, 0.6) is 0 Å². The van der Waals surface area contributed by atoms with E-state index in [4.69, 9.17) is 9.47 Å². The van der Waals surface area contributed by atoms with Crippen LogP contribution in [-0.4, -0.2) is 56.9 Å². The van der Waals surface area contributed by atoms with Gasteiger partial charge < -0.3 is 29.9 Å². The maximum absolute atomic E-state index is 9.49. The Balaban J connectivity index is 2.35. The van der Waals surface area contributed by atoms with Crippen molar-refractivity contribution in [1.29, 1.82) is 0 Å². The molecule has 0 aromatic heterocycles. The van der Waals surface area contributed by atoms with Gasteiger partial charge in [-0.1, -0.05) is 0 Å². The second-order valence-corrected chi connectivity index (χ2v) is 3.74. The van der Waals surface area contributed by atoms with E-state index in [1.165, 1.54) is 6.92 Å². The van der Waals surface area contributed by atoms with Gasteiger partial charge in [0.2, 0.25) is 5.79 Å². The minimum atomic E-state index is -2.58. The van der Waals surface area contributed by atoms with E-state index in [0.717, 1.165) is 0 Å². The van der Waals surface area contributed by atoms with Crippen LogP contribution in [0.3, 0.4) is 0 Å². The Morgan fingerprint density at radius 3 is 2.54 bits per heavy atom. The van der Waals surface area contributed by atoms with Crippen molar-refractivity contribution >= 4 is 0 Å². The number of aliphatic hydroxyl groups is 4. The summed E-state index contributed by atoms with van der Waals surface area (Å²) in [6.07, 6.45) is -4.32. The van der Waals surface area contributed by atoms with E-state index < -0.39 is 29.9 Å². The Hall–Kier alpha value is -0.240. The lowest BCUT2D eigenvalue weighted by molar-refractivity contribution is -0.366. The van der Waals surface area contributed by atoms with Crippen LogP contribution in [0.2, 0.25) is 0 Å². The maximum Gasteiger partial charge on any atom is 0.224 e. The average molecular weight is 192 g/mol. The molecule has 4 N–H and O–H groups in total.